The lowest BCUT2D eigenvalue weighted by molar-refractivity contribution is -0.124. The van der Waals surface area contributed by atoms with Crippen molar-refractivity contribution >= 4 is 47.9 Å². The normalized spacial score (nSPS) is 16.7. The van der Waals surface area contributed by atoms with Gasteiger partial charge in [-0.3, -0.25) is 9.52 Å². The molecular formula is C20H19N3O7S3. The standard InChI is InChI=1S/C20H19N3O7S3/c1-30-14-3-5-15(6-4-14)32(26,27)18-12-13(23-10-8-16(24)19(23)25)2-7-17(18)33(28,29)22-20-21-9-11-31-20/h2-7,9,11-12,16,24H,8,10H2,1H3,(H,21,22)/t16-/m1/s1. The molecule has 1 aliphatic rings. The highest BCUT2D eigenvalue weighted by Gasteiger charge is 2.34. The molecule has 3 aromatic rings. The van der Waals surface area contributed by atoms with Crippen LogP contribution in [0.15, 0.2) is 68.7 Å². The summed E-state index contributed by atoms with van der Waals surface area (Å²) in [5, 5.41) is 11.4. The van der Waals surface area contributed by atoms with Crippen LogP contribution >= 0.6 is 11.3 Å². The molecule has 1 fully saturated rings. The van der Waals surface area contributed by atoms with E-state index in [0.29, 0.717) is 5.75 Å². The van der Waals surface area contributed by atoms with Gasteiger partial charge in [0.2, 0.25) is 9.84 Å². The smallest absolute Gasteiger partial charge is 0.264 e. The summed E-state index contributed by atoms with van der Waals surface area (Å²) in [5.74, 6) is -0.156. The SMILES string of the molecule is COc1ccc(S(=O)(=O)c2cc(N3CC[C@@H](O)C3=O)ccc2S(=O)(=O)Nc2nccs2)cc1. The predicted molar refractivity (Wildman–Crippen MR) is 121 cm³/mol. The molecule has 33 heavy (non-hydrogen) atoms. The second-order valence-electron chi connectivity index (χ2n) is 7.05. The molecule has 0 saturated carbocycles. The van der Waals surface area contributed by atoms with E-state index >= 15 is 0 Å². The first kappa shape index (κ1) is 23.2. The van der Waals surface area contributed by atoms with Gasteiger partial charge in [-0.2, -0.15) is 0 Å². The van der Waals surface area contributed by atoms with Crippen molar-refractivity contribution in [2.75, 3.05) is 23.3 Å². The average Bonchev–Trinajstić information content (AvgIpc) is 3.42. The third-order valence-electron chi connectivity index (χ3n) is 5.02. The van der Waals surface area contributed by atoms with E-state index in [0.717, 1.165) is 23.5 Å². The lowest BCUT2D eigenvalue weighted by atomic mass is 10.3. The van der Waals surface area contributed by atoms with Crippen LogP contribution in [-0.2, 0) is 24.7 Å². The van der Waals surface area contributed by atoms with E-state index < -0.39 is 41.7 Å². The number of sulfonamides is 1. The topological polar surface area (TPSA) is 143 Å². The number of aromatic nitrogens is 1. The zero-order valence-electron chi connectivity index (χ0n) is 17.2. The van der Waals surface area contributed by atoms with Gasteiger partial charge in [-0.15, -0.1) is 11.3 Å². The van der Waals surface area contributed by atoms with Crippen LogP contribution in [0.25, 0.3) is 0 Å². The number of amides is 1. The van der Waals surface area contributed by atoms with Crippen LogP contribution in [-0.4, -0.2) is 52.6 Å². The third-order valence-corrected chi connectivity index (χ3v) is 9.17. The maximum atomic E-state index is 13.5. The molecule has 0 bridgehead atoms. The van der Waals surface area contributed by atoms with Crippen molar-refractivity contribution in [2.45, 2.75) is 27.2 Å². The van der Waals surface area contributed by atoms with Gasteiger partial charge in [-0.05, 0) is 42.5 Å². The van der Waals surface area contributed by atoms with Crippen molar-refractivity contribution in [1.82, 2.24) is 4.98 Å². The van der Waals surface area contributed by atoms with E-state index in [1.54, 1.807) is 5.38 Å². The van der Waals surface area contributed by atoms with Crippen LogP contribution in [0.2, 0.25) is 0 Å². The molecule has 1 atom stereocenters. The number of sulfone groups is 1. The number of rotatable bonds is 7. The van der Waals surface area contributed by atoms with Crippen molar-refractivity contribution in [1.29, 1.82) is 0 Å². The Balaban J connectivity index is 1.87. The first-order valence-electron chi connectivity index (χ1n) is 9.58. The van der Waals surface area contributed by atoms with Crippen LogP contribution in [0.1, 0.15) is 6.42 Å². The number of benzene rings is 2. The first-order valence-corrected chi connectivity index (χ1v) is 13.4. The molecule has 4 rings (SSSR count). The second-order valence-corrected chi connectivity index (χ2v) is 11.5. The second kappa shape index (κ2) is 8.74. The van der Waals surface area contributed by atoms with Crippen LogP contribution in [0, 0.1) is 0 Å². The van der Waals surface area contributed by atoms with E-state index in [1.165, 1.54) is 48.5 Å². The quantitative estimate of drug-likeness (QED) is 0.492. The maximum Gasteiger partial charge on any atom is 0.264 e. The van der Waals surface area contributed by atoms with Gasteiger partial charge in [0, 0.05) is 30.2 Å². The minimum atomic E-state index is -4.34. The molecule has 2 aromatic carbocycles. The summed E-state index contributed by atoms with van der Waals surface area (Å²) < 4.78 is 60.6. The predicted octanol–water partition coefficient (Wildman–Crippen LogP) is 1.88. The van der Waals surface area contributed by atoms with E-state index in [4.69, 9.17) is 4.74 Å². The summed E-state index contributed by atoms with van der Waals surface area (Å²) in [6.45, 7) is 0.172. The number of nitrogens with zero attached hydrogens (tertiary/aromatic N) is 2. The summed E-state index contributed by atoms with van der Waals surface area (Å²) in [5.41, 5.74) is 0.164. The minimum absolute atomic E-state index is 0.0738. The molecule has 0 radical (unpaired) electrons. The van der Waals surface area contributed by atoms with Gasteiger partial charge in [-0.1, -0.05) is 0 Å². The molecular weight excluding hydrogens is 490 g/mol. The Morgan fingerprint density at radius 3 is 2.42 bits per heavy atom. The number of anilines is 2. The van der Waals surface area contributed by atoms with E-state index in [-0.39, 0.29) is 28.7 Å². The molecule has 1 aromatic heterocycles. The fourth-order valence-electron chi connectivity index (χ4n) is 3.34. The highest BCUT2D eigenvalue weighted by molar-refractivity contribution is 7.95. The number of ether oxygens (including phenoxy) is 1. The van der Waals surface area contributed by atoms with Crippen molar-refractivity contribution in [3.05, 3.63) is 54.0 Å². The van der Waals surface area contributed by atoms with E-state index in [2.05, 4.69) is 9.71 Å². The third kappa shape index (κ3) is 4.44. The molecule has 1 aliphatic heterocycles. The van der Waals surface area contributed by atoms with Gasteiger partial charge in [0.05, 0.1) is 16.9 Å². The number of carbonyl (C=O) groups is 1. The monoisotopic (exact) mass is 509 g/mol. The Labute approximate surface area is 194 Å². The molecule has 1 amide bonds. The van der Waals surface area contributed by atoms with Crippen molar-refractivity contribution in [2.24, 2.45) is 0 Å². The van der Waals surface area contributed by atoms with Crippen molar-refractivity contribution in [3.63, 3.8) is 0 Å². The van der Waals surface area contributed by atoms with Gasteiger partial charge in [-0.25, -0.2) is 21.8 Å². The summed E-state index contributed by atoms with van der Waals surface area (Å²) >= 11 is 1.04. The highest BCUT2D eigenvalue weighted by Crippen LogP contribution is 2.34. The molecule has 0 spiro atoms. The van der Waals surface area contributed by atoms with Crippen LogP contribution in [0.4, 0.5) is 10.8 Å². The molecule has 0 aliphatic carbocycles. The van der Waals surface area contributed by atoms with Crippen LogP contribution < -0.4 is 14.4 Å². The number of thiazole rings is 1. The van der Waals surface area contributed by atoms with Crippen molar-refractivity contribution < 1.29 is 31.5 Å². The van der Waals surface area contributed by atoms with Gasteiger partial charge in [0.15, 0.2) is 5.13 Å². The summed E-state index contributed by atoms with van der Waals surface area (Å²) in [6, 6.07) is 9.08. The van der Waals surface area contributed by atoms with Crippen molar-refractivity contribution in [3.8, 4) is 5.75 Å². The van der Waals surface area contributed by atoms with Crippen LogP contribution in [0.5, 0.6) is 5.75 Å². The number of nitrogens with one attached hydrogen (secondary N) is 1. The molecule has 174 valence electrons. The molecule has 2 N–H and O–H groups in total. The van der Waals surface area contributed by atoms with E-state index in [1.807, 2.05) is 0 Å². The van der Waals surface area contributed by atoms with Crippen LogP contribution in [0.3, 0.4) is 0 Å². The number of hydrogen-bond donors (Lipinski definition) is 2. The Kier molecular flexibility index (Phi) is 6.14. The molecule has 13 heteroatoms. The zero-order chi connectivity index (χ0) is 23.8. The largest absolute Gasteiger partial charge is 0.497 e. The Morgan fingerprint density at radius 2 is 1.85 bits per heavy atom. The summed E-state index contributed by atoms with van der Waals surface area (Å²) in [4.78, 5) is 16.2. The summed E-state index contributed by atoms with van der Waals surface area (Å²) in [7, 11) is -7.24. The molecule has 0 unspecified atom stereocenters. The number of aliphatic hydroxyl groups is 1. The fourth-order valence-corrected chi connectivity index (χ4v) is 7.22. The average molecular weight is 510 g/mol. The number of methoxy groups -OCH3 is 1. The Hall–Kier alpha value is -3.00. The highest BCUT2D eigenvalue weighted by atomic mass is 32.2. The van der Waals surface area contributed by atoms with Gasteiger partial charge in [0.25, 0.3) is 15.9 Å². The summed E-state index contributed by atoms with van der Waals surface area (Å²) in [6.07, 6.45) is 0.400. The first-order chi connectivity index (χ1) is 15.6. The molecule has 2 heterocycles. The van der Waals surface area contributed by atoms with Gasteiger partial charge in [0.1, 0.15) is 16.7 Å². The minimum Gasteiger partial charge on any atom is -0.497 e. The lowest BCUT2D eigenvalue weighted by Gasteiger charge is -2.19. The molecule has 10 nitrogen and oxygen atoms in total. The zero-order valence-corrected chi connectivity index (χ0v) is 19.7. The molecule has 1 saturated heterocycles. The fraction of sp³-hybridized carbons (Fsp3) is 0.200. The maximum absolute atomic E-state index is 13.5. The number of hydrogen-bond acceptors (Lipinski definition) is 9. The van der Waals surface area contributed by atoms with E-state index in [9.17, 15) is 26.7 Å². The Morgan fingerprint density at radius 1 is 1.12 bits per heavy atom. The lowest BCUT2D eigenvalue weighted by Crippen LogP contribution is -2.29. The number of carbonyl (C=O) groups excluding carboxylic acids is 1. The van der Waals surface area contributed by atoms with Gasteiger partial charge >= 0.3 is 0 Å². The number of aliphatic hydroxyl groups excluding tert-OH is 1. The van der Waals surface area contributed by atoms with Gasteiger partial charge < -0.3 is 14.7 Å². The Bertz CT molecular complexity index is 1390.